The van der Waals surface area contributed by atoms with E-state index in [1.165, 1.54) is 0 Å². The van der Waals surface area contributed by atoms with Crippen molar-refractivity contribution in [3.63, 3.8) is 0 Å². The molecule has 0 amide bonds. The van der Waals surface area contributed by atoms with Crippen LogP contribution >= 0.6 is 0 Å². The number of hydrogen-bond acceptors (Lipinski definition) is 1. The molecule has 0 unspecified atom stereocenters. The molecule has 0 aliphatic carbocycles. The van der Waals surface area contributed by atoms with Gasteiger partial charge in [0.15, 0.2) is 0 Å². The zero-order valence-corrected chi connectivity index (χ0v) is 14.6. The lowest BCUT2D eigenvalue weighted by Gasteiger charge is -2.60. The van der Waals surface area contributed by atoms with E-state index in [2.05, 4.69) is 0 Å². The first-order valence-corrected chi connectivity index (χ1v) is 7.07. The Morgan fingerprint density at radius 2 is 0.343 bits per heavy atom. The van der Waals surface area contributed by atoms with Gasteiger partial charge in [0.2, 0.25) is 5.41 Å². The quantitative estimate of drug-likeness (QED) is 0.341. The molecule has 0 rings (SSSR count). The van der Waals surface area contributed by atoms with Gasteiger partial charge in [0.05, 0.1) is 0 Å². The molecule has 1 nitrogen and oxygen atoms in total. The van der Waals surface area contributed by atoms with Gasteiger partial charge in [0.25, 0.3) is 10.8 Å². The Balaban J connectivity index is 9.70. The fourth-order valence-electron chi connectivity index (χ4n) is 3.57. The first-order valence-electron chi connectivity index (χ1n) is 7.07. The topological polar surface area (TPSA) is 20.2 Å². The van der Waals surface area contributed by atoms with E-state index < -0.39 is 65.6 Å². The molecule has 0 saturated carbocycles. The summed E-state index contributed by atoms with van der Waals surface area (Å²) in [6, 6.07) is 0. The minimum atomic E-state index is -10.6. The second-order valence-electron chi connectivity index (χ2n) is 6.28. The molecule has 0 aliphatic heterocycles. The van der Waals surface area contributed by atoms with Gasteiger partial charge in [-0.2, -0.15) is 101 Å². The molecule has 0 radical (unpaired) electrons. The van der Waals surface area contributed by atoms with Crippen LogP contribution in [0.4, 0.5) is 101 Å². The molecule has 0 bridgehead atoms. The zero-order chi connectivity index (χ0) is 29.5. The average Bonchev–Trinajstić information content (AvgIpc) is 2.33. The smallest absolute Gasteiger partial charge is 0.336 e. The Morgan fingerprint density at radius 3 is 0.400 bits per heavy atom. The summed E-state index contributed by atoms with van der Waals surface area (Å²) in [6.45, 7) is 0. The molecule has 0 aromatic heterocycles. The van der Waals surface area contributed by atoms with Gasteiger partial charge in [-0.05, 0) is 0 Å². The van der Waals surface area contributed by atoms with E-state index >= 15 is 0 Å². The van der Waals surface area contributed by atoms with E-state index in [1.54, 1.807) is 0 Å². The fourth-order valence-corrected chi connectivity index (χ4v) is 3.57. The summed E-state index contributed by atoms with van der Waals surface area (Å²) in [4.78, 5) is 0. The van der Waals surface area contributed by atoms with Crippen LogP contribution in [0.5, 0.6) is 0 Å². The second kappa shape index (κ2) is 7.68. The van der Waals surface area contributed by atoms with Crippen molar-refractivity contribution in [3.8, 4) is 0 Å². The fraction of sp³-hybridized carbons (Fsp3) is 1.00. The van der Waals surface area contributed by atoms with E-state index in [0.717, 1.165) is 0 Å². The summed E-state index contributed by atoms with van der Waals surface area (Å²) >= 11 is 0. The summed E-state index contributed by atoms with van der Waals surface area (Å²) in [5.41, 5.74) is -31.3. The molecule has 0 atom stereocenters. The Hall–Kier alpha value is -1.65. The summed E-state index contributed by atoms with van der Waals surface area (Å²) in [6.07, 6.45) is -76.7. The first-order chi connectivity index (χ1) is 14.5. The van der Waals surface area contributed by atoms with Crippen molar-refractivity contribution in [1.82, 2.24) is 0 Å². The molecule has 24 heteroatoms. The van der Waals surface area contributed by atoms with Crippen LogP contribution in [-0.2, 0) is 0 Å². The van der Waals surface area contributed by atoms with Gasteiger partial charge >= 0.3 is 49.3 Å². The Bertz CT molecular complexity index is 615. The van der Waals surface area contributed by atoms with Gasteiger partial charge in [0, 0.05) is 0 Å². The summed E-state index contributed by atoms with van der Waals surface area (Å²) in [7, 11) is 0. The highest BCUT2D eigenvalue weighted by Gasteiger charge is 3.12. The summed E-state index contributed by atoms with van der Waals surface area (Å²) in [5.74, 6) is 0. The summed E-state index contributed by atoms with van der Waals surface area (Å²) < 4.78 is 304. The van der Waals surface area contributed by atoms with Crippen LogP contribution < -0.4 is 0 Å². The molecule has 1 N–H and O–H groups in total. The lowest BCUT2D eigenvalue weighted by Crippen LogP contribution is -2.87. The number of alkyl halides is 23. The monoisotopic (exact) mass is 586 g/mol. The van der Waals surface area contributed by atoms with Crippen molar-refractivity contribution in [1.29, 1.82) is 0 Å². The predicted octanol–water partition coefficient (Wildman–Crippen LogP) is 7.47. The highest BCUT2D eigenvalue weighted by molar-refractivity contribution is 5.27. The lowest BCUT2D eigenvalue weighted by molar-refractivity contribution is -0.605. The SMILES string of the molecule is OC(F)(F)C(C(F)(F)F)(C(C(F)(F)F)(C(F)(F)F)C(F)(F)F)C(C(F)(F)F)(C(F)(F)F)C(F)(F)F. The van der Waals surface area contributed by atoms with Gasteiger partial charge < -0.3 is 5.11 Å². The third-order valence-corrected chi connectivity index (χ3v) is 4.55. The minimum absolute atomic E-state index is 8.06. The minimum Gasteiger partial charge on any atom is -0.336 e. The maximum Gasteiger partial charge on any atom is 0.413 e. The van der Waals surface area contributed by atoms with Crippen LogP contribution in [0, 0.1) is 16.2 Å². The zero-order valence-electron chi connectivity index (χ0n) is 14.6. The maximum atomic E-state index is 13.5. The Labute approximate surface area is 173 Å². The van der Waals surface area contributed by atoms with E-state index in [0.29, 0.717) is 0 Å². The predicted molar refractivity (Wildman–Crippen MR) is 56.8 cm³/mol. The number of rotatable bonds is 3. The molecule has 0 aromatic rings. The van der Waals surface area contributed by atoms with E-state index in [1.807, 2.05) is 0 Å². The molecular formula is C11HF23O. The van der Waals surface area contributed by atoms with Gasteiger partial charge in [-0.15, -0.1) is 0 Å². The second-order valence-corrected chi connectivity index (χ2v) is 6.28. The molecule has 0 spiro atoms. The normalized spacial score (nSPS) is 17.1. The average molecular weight is 586 g/mol. The van der Waals surface area contributed by atoms with Gasteiger partial charge in [-0.25, -0.2) is 0 Å². The largest absolute Gasteiger partial charge is 0.413 e. The summed E-state index contributed by atoms with van der Waals surface area (Å²) in [5, 5.41) is 8.06. The van der Waals surface area contributed by atoms with Crippen molar-refractivity contribution >= 4 is 0 Å². The van der Waals surface area contributed by atoms with Crippen LogP contribution in [0.3, 0.4) is 0 Å². The molecule has 35 heavy (non-hydrogen) atoms. The Kier molecular flexibility index (Phi) is 7.32. The molecule has 0 fully saturated rings. The molecule has 0 saturated heterocycles. The van der Waals surface area contributed by atoms with E-state index in [-0.39, 0.29) is 0 Å². The van der Waals surface area contributed by atoms with E-state index in [9.17, 15) is 101 Å². The van der Waals surface area contributed by atoms with Crippen molar-refractivity contribution < 1.29 is 106 Å². The van der Waals surface area contributed by atoms with Crippen LogP contribution in [0.2, 0.25) is 0 Å². The first kappa shape index (κ1) is 33.4. The Morgan fingerprint density at radius 1 is 0.229 bits per heavy atom. The number of hydrogen-bond donors (Lipinski definition) is 1. The number of aliphatic hydroxyl groups is 1. The van der Waals surface area contributed by atoms with Crippen LogP contribution in [0.15, 0.2) is 0 Å². The standard InChI is InChI=1S/C11HF23O/c12-4(13,14)1(11(33,34)35,2(5(15,16)17,6(18,19)20)7(21,22)23)3(8(24,25)26,9(27,28)29)10(30,31)32/h35H. The van der Waals surface area contributed by atoms with Crippen molar-refractivity contribution in [2.75, 3.05) is 0 Å². The maximum absolute atomic E-state index is 13.5. The van der Waals surface area contributed by atoms with Crippen LogP contribution in [-0.4, -0.2) is 54.4 Å². The molecule has 0 aromatic carbocycles. The van der Waals surface area contributed by atoms with Crippen molar-refractivity contribution in [3.05, 3.63) is 0 Å². The van der Waals surface area contributed by atoms with E-state index in [4.69, 9.17) is 5.11 Å². The van der Waals surface area contributed by atoms with Crippen molar-refractivity contribution in [2.24, 2.45) is 16.2 Å². The lowest BCUT2D eigenvalue weighted by atomic mass is 9.46. The highest BCUT2D eigenvalue weighted by atomic mass is 19.5. The molecular weight excluding hydrogens is 585 g/mol. The highest BCUT2D eigenvalue weighted by Crippen LogP contribution is 2.85. The van der Waals surface area contributed by atoms with Crippen LogP contribution in [0.1, 0.15) is 0 Å². The molecule has 0 aliphatic rings. The third-order valence-electron chi connectivity index (χ3n) is 4.55. The van der Waals surface area contributed by atoms with Crippen LogP contribution in [0.25, 0.3) is 0 Å². The number of halogens is 23. The molecule has 0 heterocycles. The van der Waals surface area contributed by atoms with Gasteiger partial charge in [-0.1, -0.05) is 0 Å². The van der Waals surface area contributed by atoms with Crippen molar-refractivity contribution in [2.45, 2.75) is 49.3 Å². The third kappa shape index (κ3) is 3.82. The van der Waals surface area contributed by atoms with Gasteiger partial charge in [0.1, 0.15) is 0 Å². The molecule has 212 valence electrons. The van der Waals surface area contributed by atoms with Gasteiger partial charge in [-0.3, -0.25) is 0 Å².